The summed E-state index contributed by atoms with van der Waals surface area (Å²) < 4.78 is 5.49. The summed E-state index contributed by atoms with van der Waals surface area (Å²) in [5.74, 6) is 0.895. The second-order valence-electron chi connectivity index (χ2n) is 5.83. The van der Waals surface area contributed by atoms with Gasteiger partial charge in [0.1, 0.15) is 5.56 Å². The average molecular weight is 314 g/mol. The number of hydrogen-bond donors (Lipinski definition) is 1. The molecule has 23 heavy (non-hydrogen) atoms. The normalized spacial score (nSPS) is 18.0. The lowest BCUT2D eigenvalue weighted by molar-refractivity contribution is 0.0667. The Hall–Kier alpha value is -2.37. The molecule has 1 fully saturated rings. The maximum absolute atomic E-state index is 12.8. The molecule has 3 heterocycles. The van der Waals surface area contributed by atoms with Crippen molar-refractivity contribution in [3.63, 3.8) is 0 Å². The van der Waals surface area contributed by atoms with Crippen LogP contribution in [0.25, 0.3) is 0 Å². The van der Waals surface area contributed by atoms with Crippen molar-refractivity contribution in [1.82, 2.24) is 20.1 Å². The molecule has 0 bridgehead atoms. The summed E-state index contributed by atoms with van der Waals surface area (Å²) in [5, 5.41) is 6.99. The molecule has 0 aliphatic carbocycles. The summed E-state index contributed by atoms with van der Waals surface area (Å²) >= 11 is 0. The van der Waals surface area contributed by atoms with Crippen molar-refractivity contribution in [1.29, 1.82) is 0 Å². The zero-order valence-corrected chi connectivity index (χ0v) is 13.4. The standard InChI is InChI=1S/C17H22N4O2/c1-2-23-16-15(6-3-8-18-16)17(22)21-10-4-5-13(12-21)11-14-7-9-19-20-14/h3,6-9,13H,2,4-5,10-12H2,1H3,(H,19,20). The average Bonchev–Trinajstić information content (AvgIpc) is 3.08. The quantitative estimate of drug-likeness (QED) is 0.919. The summed E-state index contributed by atoms with van der Waals surface area (Å²) in [6.45, 7) is 3.95. The van der Waals surface area contributed by atoms with Crippen LogP contribution in [0.2, 0.25) is 0 Å². The Labute approximate surface area is 135 Å². The molecule has 6 heteroatoms. The van der Waals surface area contributed by atoms with Gasteiger partial charge >= 0.3 is 0 Å². The van der Waals surface area contributed by atoms with Crippen LogP contribution in [-0.2, 0) is 6.42 Å². The zero-order chi connectivity index (χ0) is 16.1. The van der Waals surface area contributed by atoms with Gasteiger partial charge < -0.3 is 9.64 Å². The number of carbonyl (C=O) groups is 1. The highest BCUT2D eigenvalue weighted by atomic mass is 16.5. The van der Waals surface area contributed by atoms with Gasteiger partial charge in [0.15, 0.2) is 0 Å². The van der Waals surface area contributed by atoms with Crippen LogP contribution in [-0.4, -0.2) is 45.7 Å². The third-order valence-electron chi connectivity index (χ3n) is 4.16. The summed E-state index contributed by atoms with van der Waals surface area (Å²) in [6, 6.07) is 5.57. The van der Waals surface area contributed by atoms with E-state index in [-0.39, 0.29) is 5.91 Å². The van der Waals surface area contributed by atoms with Gasteiger partial charge in [-0.1, -0.05) is 0 Å². The van der Waals surface area contributed by atoms with E-state index >= 15 is 0 Å². The minimum Gasteiger partial charge on any atom is -0.477 e. The summed E-state index contributed by atoms with van der Waals surface area (Å²) in [7, 11) is 0. The number of likely N-dealkylation sites (tertiary alicyclic amines) is 1. The number of aromatic nitrogens is 3. The van der Waals surface area contributed by atoms with Crippen LogP contribution in [0.15, 0.2) is 30.6 Å². The smallest absolute Gasteiger partial charge is 0.259 e. The molecule has 1 unspecified atom stereocenters. The Morgan fingerprint density at radius 2 is 2.35 bits per heavy atom. The molecule has 1 aliphatic rings. The minimum atomic E-state index is 0.0101. The molecule has 0 radical (unpaired) electrons. The molecular formula is C17H22N4O2. The summed E-state index contributed by atoms with van der Waals surface area (Å²) in [5.41, 5.74) is 1.68. The molecule has 3 rings (SSSR count). The fraction of sp³-hybridized carbons (Fsp3) is 0.471. The molecule has 1 N–H and O–H groups in total. The van der Waals surface area contributed by atoms with Crippen molar-refractivity contribution >= 4 is 5.91 Å². The maximum Gasteiger partial charge on any atom is 0.259 e. The van der Waals surface area contributed by atoms with Gasteiger partial charge in [0.2, 0.25) is 5.88 Å². The third kappa shape index (κ3) is 3.70. The molecule has 122 valence electrons. The fourth-order valence-electron chi connectivity index (χ4n) is 3.10. The Morgan fingerprint density at radius 1 is 1.43 bits per heavy atom. The molecule has 1 amide bonds. The van der Waals surface area contributed by atoms with Crippen LogP contribution in [0.4, 0.5) is 0 Å². The van der Waals surface area contributed by atoms with Crippen molar-refractivity contribution in [2.24, 2.45) is 5.92 Å². The van der Waals surface area contributed by atoms with Gasteiger partial charge in [-0.3, -0.25) is 9.89 Å². The number of carbonyl (C=O) groups excluding carboxylic acids is 1. The molecule has 2 aromatic rings. The van der Waals surface area contributed by atoms with Crippen molar-refractivity contribution in [2.45, 2.75) is 26.2 Å². The molecule has 1 aliphatic heterocycles. The Bertz CT molecular complexity index is 642. The van der Waals surface area contributed by atoms with E-state index in [0.717, 1.165) is 38.0 Å². The summed E-state index contributed by atoms with van der Waals surface area (Å²) in [4.78, 5) is 18.9. The predicted molar refractivity (Wildman–Crippen MR) is 86.3 cm³/mol. The molecule has 1 atom stereocenters. The lowest BCUT2D eigenvalue weighted by atomic mass is 9.93. The second kappa shape index (κ2) is 7.26. The van der Waals surface area contributed by atoms with E-state index in [1.165, 1.54) is 0 Å². The highest BCUT2D eigenvalue weighted by Gasteiger charge is 2.26. The lowest BCUT2D eigenvalue weighted by Crippen LogP contribution is -2.40. The van der Waals surface area contributed by atoms with Crippen LogP contribution in [0, 0.1) is 5.92 Å². The van der Waals surface area contributed by atoms with Gasteiger partial charge in [0, 0.05) is 31.2 Å². The van der Waals surface area contributed by atoms with E-state index < -0.39 is 0 Å². The third-order valence-corrected chi connectivity index (χ3v) is 4.16. The van der Waals surface area contributed by atoms with Crippen LogP contribution >= 0.6 is 0 Å². The minimum absolute atomic E-state index is 0.0101. The predicted octanol–water partition coefficient (Wildman–Crippen LogP) is 2.30. The number of nitrogens with zero attached hydrogens (tertiary/aromatic N) is 3. The monoisotopic (exact) mass is 314 g/mol. The first-order valence-electron chi connectivity index (χ1n) is 8.13. The van der Waals surface area contributed by atoms with Crippen LogP contribution in [0.5, 0.6) is 5.88 Å². The number of hydrogen-bond acceptors (Lipinski definition) is 4. The zero-order valence-electron chi connectivity index (χ0n) is 13.4. The van der Waals surface area contributed by atoms with Crippen LogP contribution < -0.4 is 4.74 Å². The summed E-state index contributed by atoms with van der Waals surface area (Å²) in [6.07, 6.45) is 6.50. The van der Waals surface area contributed by atoms with Crippen molar-refractivity contribution in [2.75, 3.05) is 19.7 Å². The van der Waals surface area contributed by atoms with Gasteiger partial charge in [-0.2, -0.15) is 5.10 Å². The van der Waals surface area contributed by atoms with E-state index in [4.69, 9.17) is 4.74 Å². The number of aromatic amines is 1. The molecule has 6 nitrogen and oxygen atoms in total. The number of H-pyrrole nitrogens is 1. The van der Waals surface area contributed by atoms with Crippen molar-refractivity contribution in [3.8, 4) is 5.88 Å². The van der Waals surface area contributed by atoms with E-state index in [1.807, 2.05) is 17.9 Å². The first-order chi connectivity index (χ1) is 11.3. The van der Waals surface area contributed by atoms with Gasteiger partial charge in [0.25, 0.3) is 5.91 Å². The Balaban J connectivity index is 1.69. The second-order valence-corrected chi connectivity index (χ2v) is 5.83. The molecule has 0 saturated carbocycles. The number of ether oxygens (including phenoxy) is 1. The Morgan fingerprint density at radius 3 is 3.13 bits per heavy atom. The van der Waals surface area contributed by atoms with Gasteiger partial charge in [-0.15, -0.1) is 0 Å². The molecule has 0 spiro atoms. The number of piperidine rings is 1. The number of pyridine rings is 1. The highest BCUT2D eigenvalue weighted by molar-refractivity contribution is 5.96. The SMILES string of the molecule is CCOc1ncccc1C(=O)N1CCCC(Cc2ccn[nH]2)C1. The van der Waals surface area contributed by atoms with E-state index in [2.05, 4.69) is 15.2 Å². The van der Waals surface area contributed by atoms with Crippen molar-refractivity contribution in [3.05, 3.63) is 41.9 Å². The number of amides is 1. The first kappa shape index (κ1) is 15.5. The number of nitrogens with one attached hydrogen (secondary N) is 1. The topological polar surface area (TPSA) is 71.1 Å². The van der Waals surface area contributed by atoms with Crippen LogP contribution in [0.1, 0.15) is 35.8 Å². The van der Waals surface area contributed by atoms with Crippen molar-refractivity contribution < 1.29 is 9.53 Å². The van der Waals surface area contributed by atoms with Gasteiger partial charge in [-0.05, 0) is 50.3 Å². The maximum atomic E-state index is 12.8. The number of rotatable bonds is 5. The highest BCUT2D eigenvalue weighted by Crippen LogP contribution is 2.24. The molecule has 0 aromatic carbocycles. The van der Waals surface area contributed by atoms with E-state index in [9.17, 15) is 4.79 Å². The largest absolute Gasteiger partial charge is 0.477 e. The van der Waals surface area contributed by atoms with E-state index in [0.29, 0.717) is 24.0 Å². The van der Waals surface area contributed by atoms with Crippen LogP contribution in [0.3, 0.4) is 0 Å². The fourth-order valence-corrected chi connectivity index (χ4v) is 3.10. The first-order valence-corrected chi connectivity index (χ1v) is 8.13. The molecule has 2 aromatic heterocycles. The lowest BCUT2D eigenvalue weighted by Gasteiger charge is -2.32. The Kier molecular flexibility index (Phi) is 4.90. The van der Waals surface area contributed by atoms with Gasteiger partial charge in [-0.25, -0.2) is 4.98 Å². The van der Waals surface area contributed by atoms with E-state index in [1.54, 1.807) is 24.5 Å². The molecular weight excluding hydrogens is 292 g/mol. The van der Waals surface area contributed by atoms with Gasteiger partial charge in [0.05, 0.1) is 6.61 Å². The molecule has 1 saturated heterocycles.